The number of rotatable bonds is 5. The fourth-order valence-electron chi connectivity index (χ4n) is 3.26. The summed E-state index contributed by atoms with van der Waals surface area (Å²) in [5.74, 6) is -0.219. The molecule has 0 aromatic carbocycles. The van der Waals surface area contributed by atoms with Crippen LogP contribution in [0.1, 0.15) is 39.5 Å². The number of carbonyl (C=O) groups is 1. The number of nitrogens with zero attached hydrogens (tertiary/aromatic N) is 1. The van der Waals surface area contributed by atoms with E-state index in [0.717, 1.165) is 19.5 Å². The Bertz CT molecular complexity index is 438. The van der Waals surface area contributed by atoms with E-state index < -0.39 is 0 Å². The highest BCUT2D eigenvalue weighted by Crippen LogP contribution is 2.50. The molecule has 2 aliphatic rings. The zero-order chi connectivity index (χ0) is 14.8. The molecule has 112 valence electrons. The Kier molecular flexibility index (Phi) is 4.53. The van der Waals surface area contributed by atoms with Crippen molar-refractivity contribution in [1.29, 1.82) is 0 Å². The number of carbonyl (C=O) groups excluding carboxylic acids is 1. The molecule has 0 aromatic heterocycles. The van der Waals surface area contributed by atoms with Crippen LogP contribution in [0.4, 0.5) is 0 Å². The second kappa shape index (κ2) is 6.00. The summed E-state index contributed by atoms with van der Waals surface area (Å²) in [6.45, 7) is 10.8. The molecule has 1 heterocycles. The lowest BCUT2D eigenvalue weighted by Gasteiger charge is -2.28. The van der Waals surface area contributed by atoms with Crippen molar-refractivity contribution >= 4 is 5.97 Å². The van der Waals surface area contributed by atoms with Crippen LogP contribution in [-0.2, 0) is 9.53 Å². The third-order valence-electron chi connectivity index (χ3n) is 4.58. The van der Waals surface area contributed by atoms with Crippen LogP contribution in [-0.4, -0.2) is 37.6 Å². The summed E-state index contributed by atoms with van der Waals surface area (Å²) in [7, 11) is 1.41. The van der Waals surface area contributed by atoms with Crippen LogP contribution in [0.15, 0.2) is 23.5 Å². The molecule has 0 radical (unpaired) electrons. The third kappa shape index (κ3) is 2.75. The molecule has 0 aromatic rings. The molecule has 4 nitrogen and oxygen atoms in total. The van der Waals surface area contributed by atoms with Gasteiger partial charge < -0.3 is 15.0 Å². The fourth-order valence-corrected chi connectivity index (χ4v) is 3.26. The van der Waals surface area contributed by atoms with Gasteiger partial charge in [-0.25, -0.2) is 0 Å². The summed E-state index contributed by atoms with van der Waals surface area (Å²) >= 11 is 0. The van der Waals surface area contributed by atoms with E-state index >= 15 is 0 Å². The van der Waals surface area contributed by atoms with E-state index in [2.05, 4.69) is 35.4 Å². The first kappa shape index (κ1) is 15.1. The van der Waals surface area contributed by atoms with Gasteiger partial charge in [0.25, 0.3) is 0 Å². The van der Waals surface area contributed by atoms with Crippen LogP contribution < -0.4 is 5.32 Å². The molecule has 1 aliphatic heterocycles. The minimum absolute atomic E-state index is 0.0953. The number of esters is 1. The maximum atomic E-state index is 11.1. The third-order valence-corrected chi connectivity index (χ3v) is 4.58. The monoisotopic (exact) mass is 278 g/mol. The van der Waals surface area contributed by atoms with Gasteiger partial charge in [-0.15, -0.1) is 0 Å². The fraction of sp³-hybridized carbons (Fsp3) is 0.688. The molecule has 0 atom stereocenters. The van der Waals surface area contributed by atoms with Crippen molar-refractivity contribution in [2.75, 3.05) is 26.7 Å². The SMILES string of the molecule is C=C1N(CCNCC(=O)OC)C2=C(CCCC2)C1(C)C. The van der Waals surface area contributed by atoms with E-state index in [0.29, 0.717) is 0 Å². The van der Waals surface area contributed by atoms with Crippen LogP contribution in [0, 0.1) is 5.41 Å². The highest BCUT2D eigenvalue weighted by molar-refractivity contribution is 5.71. The van der Waals surface area contributed by atoms with Gasteiger partial charge in [-0.2, -0.15) is 0 Å². The minimum atomic E-state index is -0.219. The number of methoxy groups -OCH3 is 1. The summed E-state index contributed by atoms with van der Waals surface area (Å²) in [5.41, 5.74) is 4.34. The first-order valence-corrected chi connectivity index (χ1v) is 7.45. The van der Waals surface area contributed by atoms with Crippen LogP contribution in [0.2, 0.25) is 0 Å². The van der Waals surface area contributed by atoms with Gasteiger partial charge in [0.2, 0.25) is 0 Å². The Hall–Kier alpha value is -1.29. The Morgan fingerprint density at radius 1 is 1.40 bits per heavy atom. The van der Waals surface area contributed by atoms with Crippen molar-refractivity contribution in [1.82, 2.24) is 10.2 Å². The first-order valence-electron chi connectivity index (χ1n) is 7.45. The lowest BCUT2D eigenvalue weighted by molar-refractivity contribution is -0.139. The predicted octanol–water partition coefficient (Wildman–Crippen LogP) is 2.43. The zero-order valence-electron chi connectivity index (χ0n) is 12.9. The summed E-state index contributed by atoms with van der Waals surface area (Å²) in [5, 5.41) is 3.13. The Balaban J connectivity index is 1.96. The summed E-state index contributed by atoms with van der Waals surface area (Å²) in [6, 6.07) is 0. The molecule has 0 unspecified atom stereocenters. The lowest BCUT2D eigenvalue weighted by atomic mass is 9.79. The smallest absolute Gasteiger partial charge is 0.319 e. The van der Waals surface area contributed by atoms with Crippen molar-refractivity contribution in [3.8, 4) is 0 Å². The number of hydrogen-bond acceptors (Lipinski definition) is 4. The molecule has 4 heteroatoms. The Labute approximate surface area is 121 Å². The van der Waals surface area contributed by atoms with Gasteiger partial charge >= 0.3 is 5.97 Å². The number of nitrogens with one attached hydrogen (secondary N) is 1. The van der Waals surface area contributed by atoms with E-state index in [1.54, 1.807) is 5.57 Å². The van der Waals surface area contributed by atoms with Gasteiger partial charge in [-0.05, 0) is 31.3 Å². The second-order valence-electron chi connectivity index (χ2n) is 6.11. The average Bonchev–Trinajstić information content (AvgIpc) is 2.64. The van der Waals surface area contributed by atoms with Gasteiger partial charge in [0, 0.05) is 29.9 Å². The van der Waals surface area contributed by atoms with Gasteiger partial charge in [0.1, 0.15) is 0 Å². The molecule has 0 bridgehead atoms. The van der Waals surface area contributed by atoms with Crippen LogP contribution in [0.5, 0.6) is 0 Å². The highest BCUT2D eigenvalue weighted by atomic mass is 16.5. The molecular weight excluding hydrogens is 252 g/mol. The van der Waals surface area contributed by atoms with E-state index in [1.807, 2.05) is 0 Å². The minimum Gasteiger partial charge on any atom is -0.468 e. The normalized spacial score (nSPS) is 21.1. The number of ether oxygens (including phenoxy) is 1. The number of hydrogen-bond donors (Lipinski definition) is 1. The van der Waals surface area contributed by atoms with Crippen molar-refractivity contribution < 1.29 is 9.53 Å². The van der Waals surface area contributed by atoms with E-state index in [4.69, 9.17) is 0 Å². The molecule has 2 rings (SSSR count). The molecule has 0 amide bonds. The molecule has 0 spiro atoms. The van der Waals surface area contributed by atoms with Crippen LogP contribution in [0.3, 0.4) is 0 Å². The molecule has 0 fully saturated rings. The molecule has 0 saturated heterocycles. The summed E-state index contributed by atoms with van der Waals surface area (Å²) in [6.07, 6.45) is 4.93. The van der Waals surface area contributed by atoms with Crippen LogP contribution in [0.25, 0.3) is 0 Å². The van der Waals surface area contributed by atoms with Gasteiger partial charge in [0.05, 0.1) is 13.7 Å². The Morgan fingerprint density at radius 2 is 2.10 bits per heavy atom. The van der Waals surface area contributed by atoms with Crippen molar-refractivity contribution in [2.45, 2.75) is 39.5 Å². The average molecular weight is 278 g/mol. The number of allylic oxidation sites excluding steroid dienone is 2. The van der Waals surface area contributed by atoms with E-state index in [1.165, 1.54) is 37.8 Å². The molecule has 1 N–H and O–H groups in total. The van der Waals surface area contributed by atoms with Gasteiger partial charge in [-0.3, -0.25) is 4.79 Å². The first-order chi connectivity index (χ1) is 9.48. The zero-order valence-corrected chi connectivity index (χ0v) is 12.9. The summed E-state index contributed by atoms with van der Waals surface area (Å²) in [4.78, 5) is 13.4. The predicted molar refractivity (Wildman–Crippen MR) is 80.0 cm³/mol. The topological polar surface area (TPSA) is 41.6 Å². The molecule has 0 saturated carbocycles. The summed E-state index contributed by atoms with van der Waals surface area (Å²) < 4.78 is 4.62. The van der Waals surface area contributed by atoms with Crippen molar-refractivity contribution in [3.05, 3.63) is 23.5 Å². The van der Waals surface area contributed by atoms with Crippen molar-refractivity contribution in [2.24, 2.45) is 5.41 Å². The van der Waals surface area contributed by atoms with Crippen molar-refractivity contribution in [3.63, 3.8) is 0 Å². The largest absolute Gasteiger partial charge is 0.468 e. The van der Waals surface area contributed by atoms with E-state index in [-0.39, 0.29) is 17.9 Å². The maximum Gasteiger partial charge on any atom is 0.319 e. The highest BCUT2D eigenvalue weighted by Gasteiger charge is 2.41. The molecular formula is C16H26N2O2. The molecule has 1 aliphatic carbocycles. The van der Waals surface area contributed by atoms with Gasteiger partial charge in [-0.1, -0.05) is 20.4 Å². The lowest BCUT2D eigenvalue weighted by Crippen LogP contribution is -2.33. The standard InChI is InChI=1S/C16H26N2O2/c1-12-16(2,3)13-7-5-6-8-14(13)18(12)10-9-17-11-15(19)20-4/h17H,1,5-11H2,2-4H3. The second-order valence-corrected chi connectivity index (χ2v) is 6.11. The maximum absolute atomic E-state index is 11.1. The molecule has 20 heavy (non-hydrogen) atoms. The Morgan fingerprint density at radius 3 is 2.80 bits per heavy atom. The van der Waals surface area contributed by atoms with Gasteiger partial charge in [0.15, 0.2) is 0 Å². The van der Waals surface area contributed by atoms with E-state index in [9.17, 15) is 4.79 Å². The van der Waals surface area contributed by atoms with Crippen LogP contribution >= 0.6 is 0 Å². The quantitative estimate of drug-likeness (QED) is 0.619.